The van der Waals surface area contributed by atoms with Gasteiger partial charge in [-0.15, -0.1) is 0 Å². The van der Waals surface area contributed by atoms with Gasteiger partial charge in [0.05, 0.1) is 0 Å². The van der Waals surface area contributed by atoms with E-state index in [0.29, 0.717) is 0 Å². The van der Waals surface area contributed by atoms with E-state index in [1.165, 1.54) is 25.7 Å². The molecule has 100 valence electrons. The van der Waals surface area contributed by atoms with Gasteiger partial charge in [-0.3, -0.25) is 0 Å². The highest BCUT2D eigenvalue weighted by atomic mass is 16.4. The van der Waals surface area contributed by atoms with E-state index in [4.69, 9.17) is 5.11 Å². The summed E-state index contributed by atoms with van der Waals surface area (Å²) < 4.78 is 0. The smallest absolute Gasteiger partial charge is 0.328 e. The number of benzene rings is 1. The van der Waals surface area contributed by atoms with Crippen molar-refractivity contribution in [3.63, 3.8) is 0 Å². The van der Waals surface area contributed by atoms with Crippen LogP contribution < -0.4 is 0 Å². The number of hydrogen-bond acceptors (Lipinski definition) is 1. The minimum absolute atomic E-state index is 0.871. The molecule has 0 bridgehead atoms. The Bertz CT molecular complexity index is 472. The van der Waals surface area contributed by atoms with Crippen molar-refractivity contribution in [2.24, 2.45) is 0 Å². The lowest BCUT2D eigenvalue weighted by Crippen LogP contribution is -1.85. The van der Waals surface area contributed by atoms with E-state index in [2.05, 4.69) is 18.8 Å². The molecule has 0 atom stereocenters. The molecule has 0 aliphatic heterocycles. The van der Waals surface area contributed by atoms with E-state index < -0.39 is 5.97 Å². The maximum absolute atomic E-state index is 10.4. The molecule has 0 heterocycles. The van der Waals surface area contributed by atoms with Gasteiger partial charge in [-0.25, -0.2) is 4.79 Å². The van der Waals surface area contributed by atoms with E-state index in [1.54, 1.807) is 6.08 Å². The molecule has 0 aliphatic rings. The first-order valence-electron chi connectivity index (χ1n) is 6.72. The summed E-state index contributed by atoms with van der Waals surface area (Å²) in [5.41, 5.74) is 1.85. The fourth-order valence-corrected chi connectivity index (χ4v) is 1.65. The maximum Gasteiger partial charge on any atom is 0.328 e. The van der Waals surface area contributed by atoms with Crippen LogP contribution in [0.2, 0.25) is 0 Å². The van der Waals surface area contributed by atoms with Crippen molar-refractivity contribution in [2.75, 3.05) is 0 Å². The first-order chi connectivity index (χ1) is 9.22. The molecule has 0 aromatic heterocycles. The molecule has 0 amide bonds. The topological polar surface area (TPSA) is 37.3 Å². The van der Waals surface area contributed by atoms with Crippen molar-refractivity contribution < 1.29 is 9.90 Å². The second-order valence-electron chi connectivity index (χ2n) is 4.41. The summed E-state index contributed by atoms with van der Waals surface area (Å²) in [5.74, 6) is 5.36. The normalized spacial score (nSPS) is 10.2. The summed E-state index contributed by atoms with van der Waals surface area (Å²) in [7, 11) is 0. The van der Waals surface area contributed by atoms with Gasteiger partial charge in [0.25, 0.3) is 0 Å². The van der Waals surface area contributed by atoms with E-state index in [-0.39, 0.29) is 0 Å². The predicted molar refractivity (Wildman–Crippen MR) is 78.7 cm³/mol. The molecular formula is C17H20O2. The van der Waals surface area contributed by atoms with E-state index in [0.717, 1.165) is 23.6 Å². The minimum Gasteiger partial charge on any atom is -0.478 e. The lowest BCUT2D eigenvalue weighted by Gasteiger charge is -1.94. The van der Waals surface area contributed by atoms with Gasteiger partial charge < -0.3 is 5.11 Å². The summed E-state index contributed by atoms with van der Waals surface area (Å²) in [6.45, 7) is 2.20. The van der Waals surface area contributed by atoms with Crippen LogP contribution in [-0.2, 0) is 4.79 Å². The molecule has 0 aliphatic carbocycles. The molecule has 19 heavy (non-hydrogen) atoms. The number of rotatable bonds is 6. The summed E-state index contributed by atoms with van der Waals surface area (Å²) in [6, 6.07) is 7.59. The Morgan fingerprint density at radius 2 is 1.95 bits per heavy atom. The number of carboxylic acids is 1. The Labute approximate surface area is 115 Å². The van der Waals surface area contributed by atoms with Gasteiger partial charge in [0.2, 0.25) is 0 Å². The SMILES string of the molecule is CCCCCCC#Cc1ccc(/C=C/C(=O)O)cc1. The zero-order valence-electron chi connectivity index (χ0n) is 11.4. The standard InChI is InChI=1S/C17H20O2/c1-2-3-4-5-6-7-8-15-9-11-16(12-10-15)13-14-17(18)19/h9-14H,2-6H2,1H3,(H,18,19)/b14-13+. The first-order valence-corrected chi connectivity index (χ1v) is 6.72. The highest BCUT2D eigenvalue weighted by Crippen LogP contribution is 2.06. The van der Waals surface area contributed by atoms with E-state index in [1.807, 2.05) is 24.3 Å². The molecule has 0 unspecified atom stereocenters. The highest BCUT2D eigenvalue weighted by molar-refractivity contribution is 5.85. The molecule has 1 aromatic rings. The summed E-state index contributed by atoms with van der Waals surface area (Å²) in [6.07, 6.45) is 8.61. The van der Waals surface area contributed by atoms with Gasteiger partial charge in [-0.2, -0.15) is 0 Å². The van der Waals surface area contributed by atoms with Crippen LogP contribution in [-0.4, -0.2) is 11.1 Å². The van der Waals surface area contributed by atoms with Crippen molar-refractivity contribution in [3.05, 3.63) is 41.5 Å². The average Bonchev–Trinajstić information content (AvgIpc) is 2.41. The second-order valence-corrected chi connectivity index (χ2v) is 4.41. The van der Waals surface area contributed by atoms with E-state index in [9.17, 15) is 4.79 Å². The Morgan fingerprint density at radius 1 is 1.21 bits per heavy atom. The second kappa shape index (κ2) is 8.99. The third kappa shape index (κ3) is 7.10. The van der Waals surface area contributed by atoms with Crippen LogP contribution in [0.25, 0.3) is 6.08 Å². The summed E-state index contributed by atoms with van der Waals surface area (Å²) >= 11 is 0. The first kappa shape index (κ1) is 15.0. The molecule has 0 fully saturated rings. The number of hydrogen-bond donors (Lipinski definition) is 1. The molecular weight excluding hydrogens is 236 g/mol. The number of carboxylic acid groups (broad SMARTS) is 1. The molecule has 0 spiro atoms. The van der Waals surface area contributed by atoms with Crippen LogP contribution in [0.4, 0.5) is 0 Å². The van der Waals surface area contributed by atoms with Crippen LogP contribution >= 0.6 is 0 Å². The highest BCUT2D eigenvalue weighted by Gasteiger charge is 1.90. The summed E-state index contributed by atoms with van der Waals surface area (Å²) in [4.78, 5) is 10.4. The average molecular weight is 256 g/mol. The predicted octanol–water partition coefficient (Wildman–Crippen LogP) is 4.11. The molecule has 0 saturated heterocycles. The third-order valence-corrected chi connectivity index (χ3v) is 2.72. The van der Waals surface area contributed by atoms with Crippen molar-refractivity contribution in [1.29, 1.82) is 0 Å². The van der Waals surface area contributed by atoms with Gasteiger partial charge in [0.1, 0.15) is 0 Å². The van der Waals surface area contributed by atoms with Crippen molar-refractivity contribution in [2.45, 2.75) is 39.0 Å². The van der Waals surface area contributed by atoms with Crippen LogP contribution in [0.1, 0.15) is 50.2 Å². The van der Waals surface area contributed by atoms with Gasteiger partial charge in [0, 0.05) is 18.1 Å². The molecule has 1 N–H and O–H groups in total. The monoisotopic (exact) mass is 256 g/mol. The third-order valence-electron chi connectivity index (χ3n) is 2.72. The van der Waals surface area contributed by atoms with Crippen LogP contribution in [0.15, 0.2) is 30.3 Å². The molecule has 2 nitrogen and oxygen atoms in total. The quantitative estimate of drug-likeness (QED) is 0.472. The zero-order chi connectivity index (χ0) is 13.9. The number of unbranched alkanes of at least 4 members (excludes halogenated alkanes) is 4. The molecule has 1 aromatic carbocycles. The van der Waals surface area contributed by atoms with Gasteiger partial charge in [0.15, 0.2) is 0 Å². The van der Waals surface area contributed by atoms with Crippen LogP contribution in [0.5, 0.6) is 0 Å². The fraction of sp³-hybridized carbons (Fsp3) is 0.353. The van der Waals surface area contributed by atoms with Crippen molar-refractivity contribution >= 4 is 12.0 Å². The lowest BCUT2D eigenvalue weighted by molar-refractivity contribution is -0.131. The molecule has 0 radical (unpaired) electrons. The van der Waals surface area contributed by atoms with E-state index >= 15 is 0 Å². The van der Waals surface area contributed by atoms with Gasteiger partial charge in [-0.1, -0.05) is 50.2 Å². The Kier molecular flexibility index (Phi) is 7.12. The largest absolute Gasteiger partial charge is 0.478 e. The van der Waals surface area contributed by atoms with Crippen LogP contribution in [0, 0.1) is 11.8 Å². The maximum atomic E-state index is 10.4. The number of carbonyl (C=O) groups is 1. The lowest BCUT2D eigenvalue weighted by atomic mass is 10.1. The zero-order valence-corrected chi connectivity index (χ0v) is 11.4. The Balaban J connectivity index is 2.44. The van der Waals surface area contributed by atoms with Gasteiger partial charge in [-0.05, 0) is 30.2 Å². The minimum atomic E-state index is -0.934. The molecule has 0 saturated carbocycles. The summed E-state index contributed by atoms with van der Waals surface area (Å²) in [5, 5.41) is 8.53. The molecule has 1 rings (SSSR count). The van der Waals surface area contributed by atoms with Crippen molar-refractivity contribution in [3.8, 4) is 11.8 Å². The number of aliphatic carboxylic acids is 1. The Hall–Kier alpha value is -2.01. The molecule has 2 heteroatoms. The van der Waals surface area contributed by atoms with Gasteiger partial charge >= 0.3 is 5.97 Å². The van der Waals surface area contributed by atoms with Crippen molar-refractivity contribution in [1.82, 2.24) is 0 Å². The van der Waals surface area contributed by atoms with Crippen LogP contribution in [0.3, 0.4) is 0 Å². The Morgan fingerprint density at radius 3 is 2.58 bits per heavy atom. The fourth-order valence-electron chi connectivity index (χ4n) is 1.65.